The molecule has 2 unspecified atom stereocenters. The lowest BCUT2D eigenvalue weighted by molar-refractivity contribution is 0.0950. The van der Waals surface area contributed by atoms with Crippen molar-refractivity contribution in [2.45, 2.75) is 24.3 Å². The summed E-state index contributed by atoms with van der Waals surface area (Å²) < 4.78 is 40.5. The molecule has 3 rings (SSSR count). The lowest BCUT2D eigenvalue weighted by Crippen LogP contribution is -2.34. The van der Waals surface area contributed by atoms with Crippen molar-refractivity contribution < 1.29 is 28.1 Å². The van der Waals surface area contributed by atoms with Gasteiger partial charge in [0, 0.05) is 25.6 Å². The van der Waals surface area contributed by atoms with Gasteiger partial charge < -0.3 is 19.7 Å². The molecule has 3 aromatic heterocycles. The van der Waals surface area contributed by atoms with Gasteiger partial charge in [-0.05, 0) is 13.0 Å². The van der Waals surface area contributed by atoms with Crippen molar-refractivity contribution in [1.82, 2.24) is 29.7 Å². The number of anilines is 1. The summed E-state index contributed by atoms with van der Waals surface area (Å²) in [5.41, 5.74) is 0.293. The lowest BCUT2D eigenvalue weighted by atomic mass is 10.2. The molecule has 0 bridgehead atoms. The maximum absolute atomic E-state index is 13.2. The van der Waals surface area contributed by atoms with Crippen molar-refractivity contribution in [3.63, 3.8) is 0 Å². The Morgan fingerprint density at radius 2 is 1.82 bits per heavy atom. The fourth-order valence-corrected chi connectivity index (χ4v) is 4.35. The molecule has 13 nitrogen and oxygen atoms in total. The molecule has 0 aliphatic rings. The molecule has 15 heteroatoms. The zero-order chi connectivity index (χ0) is 24.9. The summed E-state index contributed by atoms with van der Waals surface area (Å²) in [5.74, 6) is 0.294. The van der Waals surface area contributed by atoms with Gasteiger partial charge in [-0.15, -0.1) is 10.2 Å². The third-order valence-corrected chi connectivity index (χ3v) is 6.83. The van der Waals surface area contributed by atoms with Gasteiger partial charge in [-0.3, -0.25) is 9.29 Å². The first-order valence-electron chi connectivity index (χ1n) is 9.95. The van der Waals surface area contributed by atoms with E-state index >= 15 is 0 Å². The van der Waals surface area contributed by atoms with Crippen LogP contribution in [0.5, 0.6) is 5.88 Å². The molecule has 3 aromatic rings. The molecular weight excluding hydrogens is 490 g/mol. The quantitative estimate of drug-likeness (QED) is 0.331. The first-order chi connectivity index (χ1) is 16.2. The summed E-state index contributed by atoms with van der Waals surface area (Å²) in [5, 5.41) is 26.7. The van der Waals surface area contributed by atoms with E-state index in [0.29, 0.717) is 11.6 Å². The standard InChI is InChI=1S/C19H24ClN7O6S/c1-11(16(33-3)17-21-7-12(20)8-22-17)34(30,31)26-19-25-24-18(27(19)13(9-28)10-29)14-5-4-6-15(23-14)32-2/h4-8,11,13,16,28-29H,9-10H2,1-3H3,(H,25,26). The van der Waals surface area contributed by atoms with Crippen LogP contribution >= 0.6 is 11.6 Å². The van der Waals surface area contributed by atoms with Crippen LogP contribution in [0.25, 0.3) is 11.5 Å². The fraction of sp³-hybridized carbons (Fsp3) is 0.421. The van der Waals surface area contributed by atoms with Crippen molar-refractivity contribution in [2.75, 3.05) is 32.2 Å². The van der Waals surface area contributed by atoms with Crippen molar-refractivity contribution in [2.24, 2.45) is 0 Å². The predicted molar refractivity (Wildman–Crippen MR) is 122 cm³/mol. The summed E-state index contributed by atoms with van der Waals surface area (Å²) >= 11 is 5.81. The molecule has 0 radical (unpaired) electrons. The lowest BCUT2D eigenvalue weighted by Gasteiger charge is -2.23. The number of halogens is 1. The molecule has 34 heavy (non-hydrogen) atoms. The van der Waals surface area contributed by atoms with Crippen molar-refractivity contribution >= 4 is 27.6 Å². The number of hydrogen-bond donors (Lipinski definition) is 3. The second-order valence-electron chi connectivity index (χ2n) is 7.07. The van der Waals surface area contributed by atoms with Gasteiger partial charge in [-0.1, -0.05) is 17.7 Å². The average molecular weight is 514 g/mol. The highest BCUT2D eigenvalue weighted by atomic mass is 35.5. The molecule has 3 N–H and O–H groups in total. The second-order valence-corrected chi connectivity index (χ2v) is 9.54. The number of rotatable bonds is 11. The highest BCUT2D eigenvalue weighted by molar-refractivity contribution is 7.93. The number of nitrogens with one attached hydrogen (secondary N) is 1. The monoisotopic (exact) mass is 513 g/mol. The molecule has 0 saturated heterocycles. The average Bonchev–Trinajstić information content (AvgIpc) is 3.24. The van der Waals surface area contributed by atoms with Crippen LogP contribution in [0.15, 0.2) is 30.6 Å². The van der Waals surface area contributed by atoms with E-state index in [1.165, 1.54) is 38.1 Å². The third-order valence-electron chi connectivity index (χ3n) is 4.94. The summed E-state index contributed by atoms with van der Waals surface area (Å²) in [6.07, 6.45) is 1.64. The maximum Gasteiger partial charge on any atom is 0.240 e. The van der Waals surface area contributed by atoms with Crippen LogP contribution in [0.1, 0.15) is 24.9 Å². The first kappa shape index (κ1) is 25.7. The highest BCUT2D eigenvalue weighted by Crippen LogP contribution is 2.28. The molecular formula is C19H24ClN7O6S. The normalized spacial score (nSPS) is 13.6. The highest BCUT2D eigenvalue weighted by Gasteiger charge is 2.35. The number of sulfonamides is 1. The number of pyridine rings is 1. The topological polar surface area (TPSA) is 174 Å². The van der Waals surface area contributed by atoms with E-state index in [4.69, 9.17) is 21.1 Å². The van der Waals surface area contributed by atoms with E-state index in [9.17, 15) is 18.6 Å². The van der Waals surface area contributed by atoms with Gasteiger partial charge in [0.1, 0.15) is 17.0 Å². The Morgan fingerprint density at radius 1 is 1.15 bits per heavy atom. The van der Waals surface area contributed by atoms with Crippen molar-refractivity contribution in [1.29, 1.82) is 0 Å². The van der Waals surface area contributed by atoms with E-state index in [0.717, 1.165) is 0 Å². The van der Waals surface area contributed by atoms with E-state index in [-0.39, 0.29) is 22.6 Å². The summed E-state index contributed by atoms with van der Waals surface area (Å²) in [4.78, 5) is 12.4. The van der Waals surface area contributed by atoms with Crippen molar-refractivity contribution in [3.05, 3.63) is 41.4 Å². The number of hydrogen-bond acceptors (Lipinski definition) is 11. The number of aliphatic hydroxyl groups is 2. The van der Waals surface area contributed by atoms with Crippen LogP contribution in [0, 0.1) is 0 Å². The Bertz CT molecular complexity index is 1200. The van der Waals surface area contributed by atoms with Gasteiger partial charge in [0.25, 0.3) is 0 Å². The minimum Gasteiger partial charge on any atom is -0.481 e. The second kappa shape index (κ2) is 11.0. The Morgan fingerprint density at radius 3 is 2.41 bits per heavy atom. The minimum absolute atomic E-state index is 0.113. The third kappa shape index (κ3) is 5.42. The minimum atomic E-state index is -4.16. The van der Waals surface area contributed by atoms with Gasteiger partial charge in [-0.2, -0.15) is 0 Å². The van der Waals surface area contributed by atoms with Crippen LogP contribution in [0.3, 0.4) is 0 Å². The van der Waals surface area contributed by atoms with E-state index in [2.05, 4.69) is 29.9 Å². The molecule has 0 aliphatic carbocycles. The predicted octanol–water partition coefficient (Wildman–Crippen LogP) is 0.836. The Kier molecular flexibility index (Phi) is 8.33. The van der Waals surface area contributed by atoms with E-state index < -0.39 is 40.6 Å². The number of nitrogens with zero attached hydrogens (tertiary/aromatic N) is 6. The Hall–Kier alpha value is -2.91. The SMILES string of the molecule is COc1cccc(-c2nnc(NS(=O)(=O)C(C)C(OC)c3ncc(Cl)cn3)n2C(CO)CO)n1. The van der Waals surface area contributed by atoms with Crippen LogP contribution in [0.4, 0.5) is 5.95 Å². The zero-order valence-electron chi connectivity index (χ0n) is 18.5. The molecule has 184 valence electrons. The van der Waals surface area contributed by atoms with Crippen LogP contribution in [0.2, 0.25) is 5.02 Å². The van der Waals surface area contributed by atoms with Crippen LogP contribution < -0.4 is 9.46 Å². The Balaban J connectivity index is 2.00. The number of aliphatic hydroxyl groups excluding tert-OH is 2. The zero-order valence-corrected chi connectivity index (χ0v) is 20.1. The molecule has 0 aliphatic heterocycles. The van der Waals surface area contributed by atoms with Gasteiger partial charge in [0.05, 0.1) is 31.4 Å². The van der Waals surface area contributed by atoms with Gasteiger partial charge >= 0.3 is 0 Å². The summed E-state index contributed by atoms with van der Waals surface area (Å²) in [6, 6.07) is 3.93. The smallest absolute Gasteiger partial charge is 0.240 e. The molecule has 2 atom stereocenters. The molecule has 0 fully saturated rings. The van der Waals surface area contributed by atoms with E-state index in [1.807, 2.05) is 0 Å². The fourth-order valence-electron chi connectivity index (χ4n) is 3.11. The number of aromatic nitrogens is 6. The van der Waals surface area contributed by atoms with Gasteiger partial charge in [0.2, 0.25) is 21.9 Å². The van der Waals surface area contributed by atoms with E-state index in [1.54, 1.807) is 18.2 Å². The van der Waals surface area contributed by atoms with Gasteiger partial charge in [0.15, 0.2) is 11.6 Å². The van der Waals surface area contributed by atoms with Crippen LogP contribution in [-0.4, -0.2) is 81.0 Å². The Labute approximate surface area is 200 Å². The van der Waals surface area contributed by atoms with Gasteiger partial charge in [-0.25, -0.2) is 23.4 Å². The number of methoxy groups -OCH3 is 2. The van der Waals surface area contributed by atoms with Crippen molar-refractivity contribution in [3.8, 4) is 17.4 Å². The van der Waals surface area contributed by atoms with Crippen LogP contribution in [-0.2, 0) is 14.8 Å². The largest absolute Gasteiger partial charge is 0.481 e. The molecule has 0 saturated carbocycles. The molecule has 3 heterocycles. The summed E-state index contributed by atoms with van der Waals surface area (Å²) in [7, 11) is -1.38. The summed E-state index contributed by atoms with van der Waals surface area (Å²) in [6.45, 7) is 0.374. The molecule has 0 amide bonds. The first-order valence-corrected chi connectivity index (χ1v) is 11.9. The molecule has 0 aromatic carbocycles. The number of ether oxygens (including phenoxy) is 2. The molecule has 0 spiro atoms. The maximum atomic E-state index is 13.2.